The second-order valence-electron chi connectivity index (χ2n) is 6.04. The van der Waals surface area contributed by atoms with Gasteiger partial charge in [-0.1, -0.05) is 28.1 Å². The third-order valence-electron chi connectivity index (χ3n) is 4.19. The van der Waals surface area contributed by atoms with E-state index in [2.05, 4.69) is 26.3 Å². The Morgan fingerprint density at radius 2 is 1.78 bits per heavy atom. The number of carbonyl (C=O) groups is 1. The molecule has 1 aromatic heterocycles. The number of hydrogen-bond donors (Lipinski definition) is 1. The van der Waals surface area contributed by atoms with E-state index in [1.165, 1.54) is 12.1 Å². The number of carbonyl (C=O) groups excluding carboxylic acids is 1. The molecule has 0 aliphatic carbocycles. The fourth-order valence-corrected chi connectivity index (χ4v) is 3.08. The van der Waals surface area contributed by atoms with E-state index in [1.807, 2.05) is 31.2 Å². The molecule has 0 saturated carbocycles. The van der Waals surface area contributed by atoms with Crippen LogP contribution in [-0.4, -0.2) is 20.6 Å². The highest BCUT2D eigenvalue weighted by Gasteiger charge is 2.19. The molecular weight excluding hydrogens is 412 g/mol. The van der Waals surface area contributed by atoms with Gasteiger partial charge in [-0.05, 0) is 43.7 Å². The molecule has 8 heteroatoms. The zero-order chi connectivity index (χ0) is 19.6. The smallest absolute Gasteiger partial charge is 0.269 e. The molecule has 1 heterocycles. The molecule has 0 aliphatic heterocycles. The van der Waals surface area contributed by atoms with E-state index in [9.17, 15) is 14.9 Å². The maximum Gasteiger partial charge on any atom is 0.269 e. The van der Waals surface area contributed by atoms with Crippen molar-refractivity contribution in [2.24, 2.45) is 0 Å². The summed E-state index contributed by atoms with van der Waals surface area (Å²) in [5.74, 6) is -0.230. The van der Waals surface area contributed by atoms with Crippen molar-refractivity contribution in [3.8, 4) is 5.69 Å². The first-order chi connectivity index (χ1) is 12.9. The number of nitrogens with zero attached hydrogens (tertiary/aromatic N) is 3. The summed E-state index contributed by atoms with van der Waals surface area (Å²) in [7, 11) is 0. The SMILES string of the molecule is Cc1nn(-c2ccc(Br)cc2)c(C)c1C(=O)NCc1ccc([N+](=O)[O-])cc1. The summed E-state index contributed by atoms with van der Waals surface area (Å²) in [6.07, 6.45) is 0. The molecule has 0 unspecified atom stereocenters. The molecule has 1 amide bonds. The number of nitro benzene ring substituents is 1. The second-order valence-corrected chi connectivity index (χ2v) is 6.96. The zero-order valence-corrected chi connectivity index (χ0v) is 16.4. The molecule has 27 heavy (non-hydrogen) atoms. The van der Waals surface area contributed by atoms with E-state index in [0.717, 1.165) is 21.4 Å². The fraction of sp³-hybridized carbons (Fsp3) is 0.158. The molecule has 2 aromatic carbocycles. The first-order valence-corrected chi connectivity index (χ1v) is 9.00. The van der Waals surface area contributed by atoms with Gasteiger partial charge in [-0.2, -0.15) is 5.10 Å². The summed E-state index contributed by atoms with van der Waals surface area (Å²) < 4.78 is 2.71. The fourth-order valence-electron chi connectivity index (χ4n) is 2.81. The Balaban J connectivity index is 1.77. The van der Waals surface area contributed by atoms with Gasteiger partial charge in [0.25, 0.3) is 11.6 Å². The second kappa shape index (κ2) is 7.71. The normalized spacial score (nSPS) is 10.6. The Labute approximate surface area is 164 Å². The lowest BCUT2D eigenvalue weighted by molar-refractivity contribution is -0.384. The van der Waals surface area contributed by atoms with E-state index >= 15 is 0 Å². The molecule has 1 N–H and O–H groups in total. The lowest BCUT2D eigenvalue weighted by atomic mass is 10.1. The Morgan fingerprint density at radius 3 is 2.37 bits per heavy atom. The third-order valence-corrected chi connectivity index (χ3v) is 4.72. The Morgan fingerprint density at radius 1 is 1.15 bits per heavy atom. The number of amides is 1. The van der Waals surface area contributed by atoms with Crippen molar-refractivity contribution in [1.82, 2.24) is 15.1 Å². The summed E-state index contributed by atoms with van der Waals surface area (Å²) >= 11 is 3.40. The molecule has 0 fully saturated rings. The van der Waals surface area contributed by atoms with Crippen molar-refractivity contribution in [3.63, 3.8) is 0 Å². The minimum Gasteiger partial charge on any atom is -0.348 e. The molecule has 0 atom stereocenters. The lowest BCUT2D eigenvalue weighted by Crippen LogP contribution is -2.24. The Bertz CT molecular complexity index is 995. The van der Waals surface area contributed by atoms with Gasteiger partial charge in [0.05, 0.1) is 27.6 Å². The standard InChI is InChI=1S/C19H17BrN4O3/c1-12-18(13(2)23(22-12)16-9-5-15(20)6-10-16)19(25)21-11-14-3-7-17(8-4-14)24(26)27/h3-10H,11H2,1-2H3,(H,21,25). The van der Waals surface area contributed by atoms with Gasteiger partial charge in [-0.25, -0.2) is 4.68 Å². The van der Waals surface area contributed by atoms with Gasteiger partial charge >= 0.3 is 0 Å². The van der Waals surface area contributed by atoms with E-state index < -0.39 is 4.92 Å². The highest BCUT2D eigenvalue weighted by atomic mass is 79.9. The molecule has 0 bridgehead atoms. The van der Waals surface area contributed by atoms with Crippen LogP contribution in [0.25, 0.3) is 5.69 Å². The van der Waals surface area contributed by atoms with Crippen LogP contribution in [0.5, 0.6) is 0 Å². The number of nitrogens with one attached hydrogen (secondary N) is 1. The van der Waals surface area contributed by atoms with Gasteiger partial charge in [0.2, 0.25) is 0 Å². The third kappa shape index (κ3) is 4.06. The van der Waals surface area contributed by atoms with E-state index in [-0.39, 0.29) is 18.1 Å². The molecular formula is C19H17BrN4O3. The van der Waals surface area contributed by atoms with Gasteiger partial charge in [-0.15, -0.1) is 0 Å². The van der Waals surface area contributed by atoms with E-state index in [0.29, 0.717) is 11.3 Å². The van der Waals surface area contributed by atoms with Crippen LogP contribution in [0.2, 0.25) is 0 Å². The van der Waals surface area contributed by atoms with Crippen LogP contribution in [0.1, 0.15) is 27.3 Å². The summed E-state index contributed by atoms with van der Waals surface area (Å²) in [4.78, 5) is 22.9. The molecule has 7 nitrogen and oxygen atoms in total. The predicted molar refractivity (Wildman–Crippen MR) is 105 cm³/mol. The van der Waals surface area contributed by atoms with Crippen LogP contribution in [0.3, 0.4) is 0 Å². The Hall–Kier alpha value is -3.00. The van der Waals surface area contributed by atoms with Gasteiger partial charge in [-0.3, -0.25) is 14.9 Å². The van der Waals surface area contributed by atoms with Crippen molar-refractivity contribution in [2.45, 2.75) is 20.4 Å². The summed E-state index contributed by atoms with van der Waals surface area (Å²) in [6, 6.07) is 13.8. The number of halogens is 1. The maximum atomic E-state index is 12.7. The van der Waals surface area contributed by atoms with Crippen LogP contribution in [0, 0.1) is 24.0 Å². The number of rotatable bonds is 5. The summed E-state index contributed by atoms with van der Waals surface area (Å²) in [5.41, 5.74) is 3.58. The largest absolute Gasteiger partial charge is 0.348 e. The molecule has 3 aromatic rings. The minimum atomic E-state index is -0.453. The van der Waals surface area contributed by atoms with Crippen LogP contribution < -0.4 is 5.32 Å². The average molecular weight is 429 g/mol. The lowest BCUT2D eigenvalue weighted by Gasteiger charge is -2.07. The van der Waals surface area contributed by atoms with Crippen molar-refractivity contribution < 1.29 is 9.72 Å². The van der Waals surface area contributed by atoms with Crippen LogP contribution in [0.15, 0.2) is 53.0 Å². The Kier molecular flexibility index (Phi) is 5.36. The number of nitro groups is 1. The first kappa shape index (κ1) is 18.8. The highest BCUT2D eigenvalue weighted by molar-refractivity contribution is 9.10. The average Bonchev–Trinajstić information content (AvgIpc) is 2.95. The van der Waals surface area contributed by atoms with Crippen LogP contribution in [0.4, 0.5) is 5.69 Å². The molecule has 0 radical (unpaired) electrons. The quantitative estimate of drug-likeness (QED) is 0.489. The van der Waals surface area contributed by atoms with Crippen molar-refractivity contribution in [3.05, 3.63) is 85.6 Å². The molecule has 3 rings (SSSR count). The van der Waals surface area contributed by atoms with Crippen LogP contribution in [-0.2, 0) is 6.54 Å². The van der Waals surface area contributed by atoms with Gasteiger partial charge in [0.15, 0.2) is 0 Å². The van der Waals surface area contributed by atoms with Crippen molar-refractivity contribution >= 4 is 27.5 Å². The molecule has 0 saturated heterocycles. The molecule has 0 aliphatic rings. The predicted octanol–water partition coefficient (Wildman–Crippen LogP) is 4.09. The number of non-ortho nitro benzene ring substituents is 1. The summed E-state index contributed by atoms with van der Waals surface area (Å²) in [5, 5.41) is 18.0. The van der Waals surface area contributed by atoms with Gasteiger partial charge in [0.1, 0.15) is 0 Å². The van der Waals surface area contributed by atoms with Crippen molar-refractivity contribution in [2.75, 3.05) is 0 Å². The van der Waals surface area contributed by atoms with E-state index in [4.69, 9.17) is 0 Å². The number of hydrogen-bond acceptors (Lipinski definition) is 4. The zero-order valence-electron chi connectivity index (χ0n) is 14.8. The topological polar surface area (TPSA) is 90.1 Å². The minimum absolute atomic E-state index is 0.0209. The molecule has 0 spiro atoms. The number of aromatic nitrogens is 2. The number of aryl methyl sites for hydroxylation is 1. The number of benzene rings is 2. The van der Waals surface area contributed by atoms with Gasteiger partial charge < -0.3 is 5.32 Å². The van der Waals surface area contributed by atoms with Crippen LogP contribution >= 0.6 is 15.9 Å². The van der Waals surface area contributed by atoms with Gasteiger partial charge in [0, 0.05) is 23.2 Å². The van der Waals surface area contributed by atoms with Crippen molar-refractivity contribution in [1.29, 1.82) is 0 Å². The summed E-state index contributed by atoms with van der Waals surface area (Å²) in [6.45, 7) is 3.92. The molecule has 138 valence electrons. The first-order valence-electron chi connectivity index (χ1n) is 8.20. The van der Waals surface area contributed by atoms with E-state index in [1.54, 1.807) is 23.7 Å². The highest BCUT2D eigenvalue weighted by Crippen LogP contribution is 2.20. The maximum absolute atomic E-state index is 12.7. The monoisotopic (exact) mass is 428 g/mol.